The van der Waals surface area contributed by atoms with Gasteiger partial charge in [0.1, 0.15) is 5.75 Å². The van der Waals surface area contributed by atoms with Crippen LogP contribution in [0.1, 0.15) is 30.6 Å². The molecular formula is C12H13NO3. The van der Waals surface area contributed by atoms with Gasteiger partial charge in [-0.15, -0.1) is 0 Å². The second kappa shape index (κ2) is 3.96. The van der Waals surface area contributed by atoms with Crippen LogP contribution in [0.3, 0.4) is 0 Å². The van der Waals surface area contributed by atoms with Gasteiger partial charge in [-0.1, -0.05) is 6.92 Å². The Morgan fingerprint density at radius 3 is 2.88 bits per heavy atom. The van der Waals surface area contributed by atoms with Gasteiger partial charge in [-0.25, -0.2) is 0 Å². The molecule has 84 valence electrons. The summed E-state index contributed by atoms with van der Waals surface area (Å²) < 4.78 is 5.50. The number of fused-ring (bicyclic) bond motifs is 1. The molecule has 1 aliphatic heterocycles. The van der Waals surface area contributed by atoms with Crippen molar-refractivity contribution >= 4 is 17.4 Å². The molecule has 1 atom stereocenters. The topological polar surface area (TPSA) is 55.4 Å². The van der Waals surface area contributed by atoms with Gasteiger partial charge >= 0.3 is 0 Å². The standard InChI is InChI=1S/C12H13NO3/c1-3-10-12(15)13-9-6-8(7(2)14)4-5-11(9)16-10/h4-6,10H,3H2,1-2H3,(H,13,15)/t10-/m1/s1. The van der Waals surface area contributed by atoms with Crippen LogP contribution in [-0.2, 0) is 4.79 Å². The number of rotatable bonds is 2. The molecule has 0 fully saturated rings. The van der Waals surface area contributed by atoms with Gasteiger partial charge in [0, 0.05) is 5.56 Å². The number of hydrogen-bond acceptors (Lipinski definition) is 3. The molecule has 1 heterocycles. The fourth-order valence-electron chi connectivity index (χ4n) is 1.64. The predicted molar refractivity (Wildman–Crippen MR) is 59.8 cm³/mol. The van der Waals surface area contributed by atoms with Crippen LogP contribution in [0.2, 0.25) is 0 Å². The Morgan fingerprint density at radius 1 is 1.50 bits per heavy atom. The molecule has 0 radical (unpaired) electrons. The lowest BCUT2D eigenvalue weighted by Gasteiger charge is -2.25. The van der Waals surface area contributed by atoms with E-state index in [2.05, 4.69) is 5.32 Å². The molecule has 0 aromatic heterocycles. The molecule has 4 nitrogen and oxygen atoms in total. The average molecular weight is 219 g/mol. The fourth-order valence-corrected chi connectivity index (χ4v) is 1.64. The van der Waals surface area contributed by atoms with Gasteiger partial charge in [-0.2, -0.15) is 0 Å². The van der Waals surface area contributed by atoms with Crippen molar-refractivity contribution in [3.05, 3.63) is 23.8 Å². The van der Waals surface area contributed by atoms with Crippen LogP contribution < -0.4 is 10.1 Å². The Morgan fingerprint density at radius 2 is 2.25 bits per heavy atom. The third-order valence-corrected chi connectivity index (χ3v) is 2.58. The zero-order chi connectivity index (χ0) is 11.7. The molecule has 1 aliphatic rings. The quantitative estimate of drug-likeness (QED) is 0.774. The van der Waals surface area contributed by atoms with E-state index >= 15 is 0 Å². The lowest BCUT2D eigenvalue weighted by Crippen LogP contribution is -2.36. The van der Waals surface area contributed by atoms with Crippen LogP contribution in [0.15, 0.2) is 18.2 Å². The van der Waals surface area contributed by atoms with Gasteiger partial charge in [0.05, 0.1) is 5.69 Å². The predicted octanol–water partition coefficient (Wildman–Crippen LogP) is 2.00. The highest BCUT2D eigenvalue weighted by atomic mass is 16.5. The number of carbonyl (C=O) groups is 2. The van der Waals surface area contributed by atoms with Crippen LogP contribution in [0.5, 0.6) is 5.75 Å². The van der Waals surface area contributed by atoms with Crippen molar-refractivity contribution < 1.29 is 14.3 Å². The van der Waals surface area contributed by atoms with E-state index in [1.807, 2.05) is 6.92 Å². The van der Waals surface area contributed by atoms with Gasteiger partial charge < -0.3 is 10.1 Å². The van der Waals surface area contributed by atoms with Crippen LogP contribution in [0.25, 0.3) is 0 Å². The summed E-state index contributed by atoms with van der Waals surface area (Å²) in [6.07, 6.45) is 0.190. The lowest BCUT2D eigenvalue weighted by atomic mass is 10.1. The minimum Gasteiger partial charge on any atom is -0.478 e. The van der Waals surface area contributed by atoms with Crippen molar-refractivity contribution in [1.82, 2.24) is 0 Å². The largest absolute Gasteiger partial charge is 0.478 e. The third-order valence-electron chi connectivity index (χ3n) is 2.58. The first-order valence-electron chi connectivity index (χ1n) is 5.24. The maximum absolute atomic E-state index is 11.5. The molecule has 1 aromatic rings. The molecule has 16 heavy (non-hydrogen) atoms. The van der Waals surface area contributed by atoms with Crippen molar-refractivity contribution in [3.63, 3.8) is 0 Å². The normalized spacial score (nSPS) is 18.4. The lowest BCUT2D eigenvalue weighted by molar-refractivity contribution is -0.123. The van der Waals surface area contributed by atoms with Gasteiger partial charge in [0.25, 0.3) is 5.91 Å². The van der Waals surface area contributed by atoms with Crippen molar-refractivity contribution in [2.24, 2.45) is 0 Å². The number of ether oxygens (including phenoxy) is 1. The van der Waals surface area contributed by atoms with E-state index in [-0.39, 0.29) is 11.7 Å². The summed E-state index contributed by atoms with van der Waals surface area (Å²) in [7, 11) is 0. The summed E-state index contributed by atoms with van der Waals surface area (Å²) in [5.74, 6) is 0.432. The van der Waals surface area contributed by atoms with E-state index in [0.717, 1.165) is 0 Å². The molecule has 0 saturated heterocycles. The van der Waals surface area contributed by atoms with Crippen molar-refractivity contribution in [2.75, 3.05) is 5.32 Å². The van der Waals surface area contributed by atoms with Crippen molar-refractivity contribution in [1.29, 1.82) is 0 Å². The van der Waals surface area contributed by atoms with E-state index in [1.54, 1.807) is 18.2 Å². The molecule has 1 N–H and O–H groups in total. The van der Waals surface area contributed by atoms with Gasteiger partial charge in [-0.3, -0.25) is 9.59 Å². The Kier molecular flexibility index (Phi) is 2.64. The zero-order valence-electron chi connectivity index (χ0n) is 9.24. The van der Waals surface area contributed by atoms with E-state index in [4.69, 9.17) is 4.74 Å². The molecule has 0 saturated carbocycles. The smallest absolute Gasteiger partial charge is 0.265 e. The maximum Gasteiger partial charge on any atom is 0.265 e. The van der Waals surface area contributed by atoms with E-state index in [1.165, 1.54) is 6.92 Å². The van der Waals surface area contributed by atoms with Crippen LogP contribution in [0, 0.1) is 0 Å². The Labute approximate surface area is 93.6 Å². The molecule has 4 heteroatoms. The minimum absolute atomic E-state index is 0.0327. The molecule has 0 bridgehead atoms. The zero-order valence-corrected chi connectivity index (χ0v) is 9.24. The third kappa shape index (κ3) is 1.78. The Balaban J connectivity index is 2.36. The summed E-state index contributed by atoms with van der Waals surface area (Å²) in [5.41, 5.74) is 1.14. The summed E-state index contributed by atoms with van der Waals surface area (Å²) in [5, 5.41) is 2.74. The Bertz CT molecular complexity index is 454. The molecular weight excluding hydrogens is 206 g/mol. The summed E-state index contributed by atoms with van der Waals surface area (Å²) in [6, 6.07) is 5.06. The first kappa shape index (κ1) is 10.7. The first-order chi connectivity index (χ1) is 7.61. The SMILES string of the molecule is CC[C@H]1Oc2ccc(C(C)=O)cc2NC1=O. The van der Waals surface area contributed by atoms with Crippen LogP contribution in [-0.4, -0.2) is 17.8 Å². The van der Waals surface area contributed by atoms with Crippen molar-refractivity contribution in [2.45, 2.75) is 26.4 Å². The molecule has 0 aliphatic carbocycles. The van der Waals surface area contributed by atoms with E-state index in [0.29, 0.717) is 23.4 Å². The molecule has 0 unspecified atom stereocenters. The number of amides is 1. The number of nitrogens with one attached hydrogen (secondary N) is 1. The highest BCUT2D eigenvalue weighted by Crippen LogP contribution is 2.31. The first-order valence-corrected chi connectivity index (χ1v) is 5.24. The number of carbonyl (C=O) groups excluding carboxylic acids is 2. The number of Topliss-reactive ketones (excluding diaryl/α,β-unsaturated/α-hetero) is 1. The summed E-state index contributed by atoms with van der Waals surface area (Å²) >= 11 is 0. The molecule has 0 spiro atoms. The van der Waals surface area contributed by atoms with Gasteiger partial charge in [0.15, 0.2) is 11.9 Å². The average Bonchev–Trinajstić information content (AvgIpc) is 2.27. The van der Waals surface area contributed by atoms with Gasteiger partial charge in [-0.05, 0) is 31.5 Å². The molecule has 1 aromatic carbocycles. The van der Waals surface area contributed by atoms with E-state index in [9.17, 15) is 9.59 Å². The number of benzene rings is 1. The summed E-state index contributed by atoms with van der Waals surface area (Å²) in [6.45, 7) is 3.38. The second-order valence-electron chi connectivity index (χ2n) is 3.77. The number of hydrogen-bond donors (Lipinski definition) is 1. The molecule has 2 rings (SSSR count). The highest BCUT2D eigenvalue weighted by molar-refractivity contribution is 6.00. The maximum atomic E-state index is 11.5. The summed E-state index contributed by atoms with van der Waals surface area (Å²) in [4.78, 5) is 22.7. The highest BCUT2D eigenvalue weighted by Gasteiger charge is 2.26. The number of anilines is 1. The second-order valence-corrected chi connectivity index (χ2v) is 3.77. The minimum atomic E-state index is -0.435. The van der Waals surface area contributed by atoms with Gasteiger partial charge in [0.2, 0.25) is 0 Å². The monoisotopic (exact) mass is 219 g/mol. The van der Waals surface area contributed by atoms with Crippen molar-refractivity contribution in [3.8, 4) is 5.75 Å². The molecule has 1 amide bonds. The Hall–Kier alpha value is -1.84. The fraction of sp³-hybridized carbons (Fsp3) is 0.333. The van der Waals surface area contributed by atoms with Crippen LogP contribution >= 0.6 is 0 Å². The number of ketones is 1. The van der Waals surface area contributed by atoms with Crippen LogP contribution in [0.4, 0.5) is 5.69 Å². The van der Waals surface area contributed by atoms with E-state index < -0.39 is 6.10 Å².